The summed E-state index contributed by atoms with van der Waals surface area (Å²) in [5, 5.41) is 10.6. The van der Waals surface area contributed by atoms with E-state index in [-0.39, 0.29) is 11.7 Å². The van der Waals surface area contributed by atoms with E-state index in [0.717, 1.165) is 11.1 Å². The monoisotopic (exact) mass is 337 g/mol. The van der Waals surface area contributed by atoms with Gasteiger partial charge in [0.2, 0.25) is 0 Å². The molecular weight excluding hydrogens is 321 g/mol. The van der Waals surface area contributed by atoms with Crippen molar-refractivity contribution in [1.82, 2.24) is 0 Å². The van der Waals surface area contributed by atoms with Crippen LogP contribution in [0.15, 0.2) is 46.9 Å². The second-order valence-corrected chi connectivity index (χ2v) is 5.66. The van der Waals surface area contributed by atoms with Crippen LogP contribution in [-0.4, -0.2) is 11.7 Å². The maximum Gasteiger partial charge on any atom is 0.124 e. The lowest BCUT2D eigenvalue weighted by molar-refractivity contribution is 0.146. The maximum absolute atomic E-state index is 13.1. The molecule has 20 heavy (non-hydrogen) atoms. The molecule has 0 fully saturated rings. The first-order valence-corrected chi connectivity index (χ1v) is 7.22. The lowest BCUT2D eigenvalue weighted by atomic mass is 9.87. The van der Waals surface area contributed by atoms with E-state index in [1.807, 2.05) is 31.2 Å². The summed E-state index contributed by atoms with van der Waals surface area (Å²) in [5.41, 5.74) is 8.58. The Morgan fingerprint density at radius 1 is 1.20 bits per heavy atom. The van der Waals surface area contributed by atoms with E-state index in [1.54, 1.807) is 6.07 Å². The quantitative estimate of drug-likeness (QED) is 0.893. The Morgan fingerprint density at radius 3 is 2.50 bits per heavy atom. The number of aryl methyl sites for hydroxylation is 1. The fourth-order valence-electron chi connectivity index (χ4n) is 2.39. The summed E-state index contributed by atoms with van der Waals surface area (Å²) in [7, 11) is 0. The van der Waals surface area contributed by atoms with Crippen molar-refractivity contribution in [3.05, 3.63) is 69.4 Å². The minimum absolute atomic E-state index is 0.224. The minimum atomic E-state index is -0.781. The molecule has 0 spiro atoms. The van der Waals surface area contributed by atoms with Crippen LogP contribution < -0.4 is 5.73 Å². The van der Waals surface area contributed by atoms with Crippen LogP contribution in [0.3, 0.4) is 0 Å². The molecule has 3 N–H and O–H groups in total. The summed E-state index contributed by atoms with van der Waals surface area (Å²) in [6.45, 7) is 2.31. The molecule has 0 saturated heterocycles. The smallest absolute Gasteiger partial charge is 0.124 e. The van der Waals surface area contributed by atoms with Gasteiger partial charge in [0.1, 0.15) is 5.82 Å². The average molecular weight is 338 g/mol. The summed E-state index contributed by atoms with van der Waals surface area (Å²) in [5.74, 6) is -0.564. The Labute approximate surface area is 126 Å². The number of aliphatic hydroxyl groups excluding tert-OH is 1. The van der Waals surface area contributed by atoms with Crippen LogP contribution in [0.25, 0.3) is 0 Å². The molecule has 0 aliphatic carbocycles. The third kappa shape index (κ3) is 3.08. The first-order valence-electron chi connectivity index (χ1n) is 6.43. The summed E-state index contributed by atoms with van der Waals surface area (Å²) < 4.78 is 13.7. The van der Waals surface area contributed by atoms with Crippen LogP contribution in [0.2, 0.25) is 0 Å². The number of benzene rings is 2. The van der Waals surface area contributed by atoms with E-state index < -0.39 is 6.10 Å². The lowest BCUT2D eigenvalue weighted by Gasteiger charge is -2.24. The van der Waals surface area contributed by atoms with Crippen molar-refractivity contribution in [2.75, 3.05) is 6.54 Å². The van der Waals surface area contributed by atoms with Crippen molar-refractivity contribution < 1.29 is 9.50 Å². The van der Waals surface area contributed by atoms with Gasteiger partial charge in [0.25, 0.3) is 0 Å². The summed E-state index contributed by atoms with van der Waals surface area (Å²) in [4.78, 5) is 0. The van der Waals surface area contributed by atoms with Gasteiger partial charge >= 0.3 is 0 Å². The second-order valence-electron chi connectivity index (χ2n) is 4.81. The Kier molecular flexibility index (Phi) is 4.91. The zero-order valence-electron chi connectivity index (χ0n) is 11.2. The maximum atomic E-state index is 13.1. The molecule has 0 aromatic heterocycles. The van der Waals surface area contributed by atoms with Crippen LogP contribution >= 0.6 is 15.9 Å². The molecule has 0 saturated carbocycles. The van der Waals surface area contributed by atoms with Crippen molar-refractivity contribution in [2.24, 2.45) is 5.73 Å². The second kappa shape index (κ2) is 6.48. The predicted molar refractivity (Wildman–Crippen MR) is 82.0 cm³/mol. The van der Waals surface area contributed by atoms with Crippen LogP contribution in [0.1, 0.15) is 28.7 Å². The van der Waals surface area contributed by atoms with Gasteiger partial charge in [0, 0.05) is 16.9 Å². The van der Waals surface area contributed by atoms with Gasteiger partial charge in [0.15, 0.2) is 0 Å². The van der Waals surface area contributed by atoms with E-state index in [4.69, 9.17) is 5.73 Å². The Balaban J connectivity index is 2.39. The molecule has 2 atom stereocenters. The van der Waals surface area contributed by atoms with Gasteiger partial charge < -0.3 is 10.8 Å². The molecule has 0 amide bonds. The standard InChI is InChI=1S/C16H17BrFNO/c1-10-4-2-3-5-12(10)14(9-19)16(20)13-7-6-11(18)8-15(13)17/h2-8,14,16,20H,9,19H2,1H3. The highest BCUT2D eigenvalue weighted by atomic mass is 79.9. The van der Waals surface area contributed by atoms with Gasteiger partial charge in [0.05, 0.1) is 6.10 Å². The Bertz CT molecular complexity index is 603. The molecule has 4 heteroatoms. The molecule has 2 aromatic rings. The van der Waals surface area contributed by atoms with E-state index >= 15 is 0 Å². The molecular formula is C16H17BrFNO. The van der Waals surface area contributed by atoms with Crippen LogP contribution in [0.4, 0.5) is 4.39 Å². The zero-order chi connectivity index (χ0) is 14.7. The molecule has 2 rings (SSSR count). The summed E-state index contributed by atoms with van der Waals surface area (Å²) in [6, 6.07) is 12.1. The fraction of sp³-hybridized carbons (Fsp3) is 0.250. The molecule has 2 nitrogen and oxygen atoms in total. The Morgan fingerprint density at radius 2 is 1.90 bits per heavy atom. The van der Waals surface area contributed by atoms with Crippen LogP contribution in [0.5, 0.6) is 0 Å². The van der Waals surface area contributed by atoms with Gasteiger partial charge in [-0.15, -0.1) is 0 Å². The normalized spacial score (nSPS) is 14.1. The third-order valence-electron chi connectivity index (χ3n) is 3.50. The van der Waals surface area contributed by atoms with Gasteiger partial charge in [-0.05, 0) is 35.7 Å². The first kappa shape index (κ1) is 15.2. The molecule has 2 unspecified atom stereocenters. The molecule has 0 radical (unpaired) electrons. The number of nitrogens with two attached hydrogens (primary N) is 1. The van der Waals surface area contributed by atoms with E-state index in [2.05, 4.69) is 15.9 Å². The Hall–Kier alpha value is -1.23. The summed E-state index contributed by atoms with van der Waals surface area (Å²) >= 11 is 3.30. The molecule has 2 aromatic carbocycles. The molecule has 0 heterocycles. The SMILES string of the molecule is Cc1ccccc1C(CN)C(O)c1ccc(F)cc1Br. The molecule has 106 valence electrons. The predicted octanol–water partition coefficient (Wildman–Crippen LogP) is 3.67. The lowest BCUT2D eigenvalue weighted by Crippen LogP contribution is -2.21. The number of rotatable bonds is 4. The number of hydrogen-bond donors (Lipinski definition) is 2. The minimum Gasteiger partial charge on any atom is -0.388 e. The van der Waals surface area contributed by atoms with E-state index in [0.29, 0.717) is 16.6 Å². The number of halogens is 2. The zero-order valence-corrected chi connectivity index (χ0v) is 12.8. The van der Waals surface area contributed by atoms with Crippen molar-refractivity contribution in [1.29, 1.82) is 0 Å². The summed E-state index contributed by atoms with van der Waals surface area (Å²) in [6.07, 6.45) is -0.781. The topological polar surface area (TPSA) is 46.2 Å². The highest BCUT2D eigenvalue weighted by molar-refractivity contribution is 9.10. The van der Waals surface area contributed by atoms with E-state index in [1.165, 1.54) is 12.1 Å². The largest absolute Gasteiger partial charge is 0.388 e. The first-order chi connectivity index (χ1) is 9.54. The van der Waals surface area contributed by atoms with Gasteiger partial charge in [-0.3, -0.25) is 0 Å². The van der Waals surface area contributed by atoms with Gasteiger partial charge in [-0.1, -0.05) is 46.3 Å². The molecule has 0 bridgehead atoms. The number of aliphatic hydroxyl groups is 1. The van der Waals surface area contributed by atoms with Gasteiger partial charge in [-0.25, -0.2) is 4.39 Å². The highest BCUT2D eigenvalue weighted by Crippen LogP contribution is 2.35. The van der Waals surface area contributed by atoms with Crippen molar-refractivity contribution in [2.45, 2.75) is 18.9 Å². The average Bonchev–Trinajstić information content (AvgIpc) is 2.41. The van der Waals surface area contributed by atoms with E-state index in [9.17, 15) is 9.50 Å². The van der Waals surface area contributed by atoms with Crippen molar-refractivity contribution in [3.63, 3.8) is 0 Å². The van der Waals surface area contributed by atoms with Crippen LogP contribution in [0, 0.1) is 12.7 Å². The van der Waals surface area contributed by atoms with Crippen molar-refractivity contribution in [3.8, 4) is 0 Å². The van der Waals surface area contributed by atoms with Crippen LogP contribution in [-0.2, 0) is 0 Å². The highest BCUT2D eigenvalue weighted by Gasteiger charge is 2.24. The fourth-order valence-corrected chi connectivity index (χ4v) is 2.97. The number of hydrogen-bond acceptors (Lipinski definition) is 2. The van der Waals surface area contributed by atoms with Gasteiger partial charge in [-0.2, -0.15) is 0 Å². The van der Waals surface area contributed by atoms with Crippen molar-refractivity contribution >= 4 is 15.9 Å². The third-order valence-corrected chi connectivity index (χ3v) is 4.19. The molecule has 0 aliphatic rings. The molecule has 0 aliphatic heterocycles.